The number of aromatic amines is 1. The first kappa shape index (κ1) is 14.6. The molecule has 6 heteroatoms. The molecule has 2 heterocycles. The van der Waals surface area contributed by atoms with E-state index in [-0.39, 0.29) is 0 Å². The maximum Gasteiger partial charge on any atom is 0.334 e. The van der Waals surface area contributed by atoms with Crippen molar-refractivity contribution in [1.82, 2.24) is 19.5 Å². The number of hydrogen-bond donors (Lipinski definition) is 1. The summed E-state index contributed by atoms with van der Waals surface area (Å²) in [6, 6.07) is 8.68. The van der Waals surface area contributed by atoms with Crippen LogP contribution in [-0.4, -0.2) is 19.5 Å². The highest BCUT2D eigenvalue weighted by Crippen LogP contribution is 2.13. The summed E-state index contributed by atoms with van der Waals surface area (Å²) in [6.07, 6.45) is 1.40. The van der Waals surface area contributed by atoms with Gasteiger partial charge in [-0.3, -0.25) is 14.3 Å². The van der Waals surface area contributed by atoms with Crippen molar-refractivity contribution < 1.29 is 0 Å². The number of fused-ring (bicyclic) bond motifs is 1. The number of nitrogens with zero attached hydrogens (tertiary/aromatic N) is 3. The van der Waals surface area contributed by atoms with Crippen LogP contribution in [0.4, 0.5) is 0 Å². The summed E-state index contributed by atoms with van der Waals surface area (Å²) in [7, 11) is 0. The summed E-state index contributed by atoms with van der Waals surface area (Å²) in [5.74, 6) is 0.417. The van der Waals surface area contributed by atoms with Crippen molar-refractivity contribution >= 4 is 11.0 Å². The molecule has 0 fully saturated rings. The zero-order chi connectivity index (χ0) is 15.4. The standard InChI is InChI=1S/C13H10N4O2.C2H6/c1-8-12(17-7-6-11(18)16-13(17)19)15-10-5-3-2-4-9(10)14-8;1-2/h2-7H,1H3,(H,16,18,19);1-2H3. The molecule has 0 aliphatic carbocycles. The Balaban J connectivity index is 0.000000774. The predicted octanol–water partition coefficient (Wildman–Crippen LogP) is 1.80. The second kappa shape index (κ2) is 6.13. The van der Waals surface area contributed by atoms with Crippen LogP contribution in [0.5, 0.6) is 0 Å². The molecule has 108 valence electrons. The van der Waals surface area contributed by atoms with Crippen LogP contribution in [0.2, 0.25) is 0 Å². The lowest BCUT2D eigenvalue weighted by atomic mass is 10.3. The molecule has 0 unspecified atom stereocenters. The van der Waals surface area contributed by atoms with Gasteiger partial charge < -0.3 is 0 Å². The van der Waals surface area contributed by atoms with Crippen molar-refractivity contribution in [3.8, 4) is 5.82 Å². The van der Waals surface area contributed by atoms with E-state index in [0.717, 1.165) is 5.52 Å². The number of rotatable bonds is 1. The maximum absolute atomic E-state index is 11.8. The first-order valence-corrected chi connectivity index (χ1v) is 6.71. The first-order valence-electron chi connectivity index (χ1n) is 6.71. The summed E-state index contributed by atoms with van der Waals surface area (Å²) in [5, 5.41) is 0. The molecule has 1 aromatic carbocycles. The van der Waals surface area contributed by atoms with Gasteiger partial charge in [-0.2, -0.15) is 0 Å². The smallest absolute Gasteiger partial charge is 0.274 e. The van der Waals surface area contributed by atoms with E-state index in [1.165, 1.54) is 16.8 Å². The highest BCUT2D eigenvalue weighted by atomic mass is 16.2. The highest BCUT2D eigenvalue weighted by molar-refractivity contribution is 5.75. The van der Waals surface area contributed by atoms with Gasteiger partial charge in [0.15, 0.2) is 5.82 Å². The van der Waals surface area contributed by atoms with Crippen LogP contribution in [0.15, 0.2) is 46.1 Å². The van der Waals surface area contributed by atoms with E-state index in [1.54, 1.807) is 6.92 Å². The van der Waals surface area contributed by atoms with Crippen LogP contribution >= 0.6 is 0 Å². The Labute approximate surface area is 121 Å². The van der Waals surface area contributed by atoms with Crippen LogP contribution in [0.1, 0.15) is 19.5 Å². The van der Waals surface area contributed by atoms with Crippen LogP contribution in [0, 0.1) is 6.92 Å². The molecule has 0 aliphatic heterocycles. The minimum absolute atomic E-state index is 0.417. The molecule has 0 bridgehead atoms. The fraction of sp³-hybridized carbons (Fsp3) is 0.200. The van der Waals surface area contributed by atoms with E-state index in [2.05, 4.69) is 15.0 Å². The van der Waals surface area contributed by atoms with E-state index < -0.39 is 11.2 Å². The van der Waals surface area contributed by atoms with Gasteiger partial charge in [0.1, 0.15) is 0 Å². The lowest BCUT2D eigenvalue weighted by Crippen LogP contribution is -2.28. The van der Waals surface area contributed by atoms with Gasteiger partial charge in [-0.1, -0.05) is 26.0 Å². The molecule has 6 nitrogen and oxygen atoms in total. The van der Waals surface area contributed by atoms with Crippen molar-refractivity contribution in [1.29, 1.82) is 0 Å². The number of para-hydroxylation sites is 2. The number of aromatic nitrogens is 4. The Kier molecular flexibility index (Phi) is 4.27. The third-order valence-corrected chi connectivity index (χ3v) is 2.77. The Morgan fingerprint density at radius 3 is 2.24 bits per heavy atom. The van der Waals surface area contributed by atoms with Gasteiger partial charge in [0.25, 0.3) is 5.56 Å². The monoisotopic (exact) mass is 284 g/mol. The number of aryl methyl sites for hydroxylation is 1. The fourth-order valence-corrected chi connectivity index (χ4v) is 1.89. The third kappa shape index (κ3) is 2.89. The third-order valence-electron chi connectivity index (χ3n) is 2.77. The van der Waals surface area contributed by atoms with Gasteiger partial charge in [0, 0.05) is 12.3 Å². The van der Waals surface area contributed by atoms with Crippen molar-refractivity contribution in [2.45, 2.75) is 20.8 Å². The van der Waals surface area contributed by atoms with Gasteiger partial charge in [0.2, 0.25) is 0 Å². The zero-order valence-electron chi connectivity index (χ0n) is 12.1. The van der Waals surface area contributed by atoms with Gasteiger partial charge >= 0.3 is 5.69 Å². The molecular weight excluding hydrogens is 268 g/mol. The second-order valence-electron chi connectivity index (χ2n) is 4.10. The summed E-state index contributed by atoms with van der Waals surface area (Å²) in [4.78, 5) is 33.8. The van der Waals surface area contributed by atoms with E-state index in [0.29, 0.717) is 17.0 Å². The minimum Gasteiger partial charge on any atom is -0.274 e. The van der Waals surface area contributed by atoms with Gasteiger partial charge in [0.05, 0.1) is 16.7 Å². The molecule has 0 saturated carbocycles. The molecule has 21 heavy (non-hydrogen) atoms. The summed E-state index contributed by atoms with van der Waals surface area (Å²) in [6.45, 7) is 5.77. The molecule has 0 radical (unpaired) electrons. The highest BCUT2D eigenvalue weighted by Gasteiger charge is 2.08. The fourth-order valence-electron chi connectivity index (χ4n) is 1.89. The Morgan fingerprint density at radius 2 is 1.62 bits per heavy atom. The molecule has 3 aromatic rings. The van der Waals surface area contributed by atoms with Gasteiger partial charge in [-0.05, 0) is 19.1 Å². The zero-order valence-corrected chi connectivity index (χ0v) is 12.1. The first-order chi connectivity index (χ1) is 10.1. The number of hydrogen-bond acceptors (Lipinski definition) is 4. The largest absolute Gasteiger partial charge is 0.334 e. The molecule has 0 atom stereocenters. The topological polar surface area (TPSA) is 80.6 Å². The normalized spacial score (nSPS) is 10.0. The summed E-state index contributed by atoms with van der Waals surface area (Å²) >= 11 is 0. The molecular formula is C15H16N4O2. The second-order valence-corrected chi connectivity index (χ2v) is 4.10. The lowest BCUT2D eigenvalue weighted by Gasteiger charge is -2.07. The van der Waals surface area contributed by atoms with Gasteiger partial charge in [-0.25, -0.2) is 14.8 Å². The van der Waals surface area contributed by atoms with Crippen LogP contribution in [0.3, 0.4) is 0 Å². The predicted molar refractivity (Wildman–Crippen MR) is 81.8 cm³/mol. The summed E-state index contributed by atoms with van der Waals surface area (Å²) < 4.78 is 1.27. The molecule has 0 amide bonds. The van der Waals surface area contributed by atoms with E-state index in [9.17, 15) is 9.59 Å². The van der Waals surface area contributed by atoms with Crippen LogP contribution in [0.25, 0.3) is 16.9 Å². The molecule has 0 spiro atoms. The van der Waals surface area contributed by atoms with Crippen molar-refractivity contribution in [3.63, 3.8) is 0 Å². The summed E-state index contributed by atoms with van der Waals surface area (Å²) in [5.41, 5.74) is 1.11. The molecule has 1 N–H and O–H groups in total. The average molecular weight is 284 g/mol. The SMILES string of the molecule is CC.Cc1nc2ccccc2nc1-n1ccc(=O)[nH]c1=O. The molecule has 0 saturated heterocycles. The molecule has 3 rings (SSSR count). The number of nitrogens with one attached hydrogen (secondary N) is 1. The number of benzene rings is 1. The Bertz CT molecular complexity index is 880. The van der Waals surface area contributed by atoms with Gasteiger partial charge in [-0.15, -0.1) is 0 Å². The van der Waals surface area contributed by atoms with Crippen molar-refractivity contribution in [2.24, 2.45) is 0 Å². The van der Waals surface area contributed by atoms with Crippen molar-refractivity contribution in [3.05, 3.63) is 63.1 Å². The maximum atomic E-state index is 11.8. The average Bonchev–Trinajstić information content (AvgIpc) is 2.49. The Morgan fingerprint density at radius 1 is 1.00 bits per heavy atom. The minimum atomic E-state index is -0.528. The molecule has 0 aliphatic rings. The molecule has 2 aromatic heterocycles. The number of H-pyrrole nitrogens is 1. The van der Waals surface area contributed by atoms with Crippen LogP contribution < -0.4 is 11.2 Å². The quantitative estimate of drug-likeness (QED) is 0.739. The van der Waals surface area contributed by atoms with E-state index in [1.807, 2.05) is 38.1 Å². The van der Waals surface area contributed by atoms with E-state index in [4.69, 9.17) is 0 Å². The van der Waals surface area contributed by atoms with Crippen molar-refractivity contribution in [2.75, 3.05) is 0 Å². The Hall–Kier alpha value is -2.76. The lowest BCUT2D eigenvalue weighted by molar-refractivity contribution is 0.855. The van der Waals surface area contributed by atoms with E-state index >= 15 is 0 Å². The van der Waals surface area contributed by atoms with Crippen LogP contribution in [-0.2, 0) is 0 Å².